The van der Waals surface area contributed by atoms with Crippen molar-refractivity contribution in [2.24, 2.45) is 0 Å². The number of rotatable bonds is 4. The number of hydrogen-bond donors (Lipinski definition) is 1. The first-order chi connectivity index (χ1) is 13.0. The Morgan fingerprint density at radius 2 is 1.48 bits per heavy atom. The van der Waals surface area contributed by atoms with Crippen molar-refractivity contribution in [1.82, 2.24) is 3.97 Å². The van der Waals surface area contributed by atoms with Gasteiger partial charge in [0, 0.05) is 17.1 Å². The molecule has 0 radical (unpaired) electrons. The van der Waals surface area contributed by atoms with E-state index in [0.29, 0.717) is 22.0 Å². The van der Waals surface area contributed by atoms with Crippen LogP contribution in [0.25, 0.3) is 10.9 Å². The van der Waals surface area contributed by atoms with Gasteiger partial charge in [0.1, 0.15) is 6.10 Å². The van der Waals surface area contributed by atoms with Gasteiger partial charge in [-0.3, -0.25) is 0 Å². The average molecular weight is 377 g/mol. The maximum Gasteiger partial charge on any atom is 0.268 e. The summed E-state index contributed by atoms with van der Waals surface area (Å²) in [6.07, 6.45) is 0.614. The third kappa shape index (κ3) is 3.05. The van der Waals surface area contributed by atoms with E-state index in [1.54, 1.807) is 36.4 Å². The van der Waals surface area contributed by atoms with Crippen molar-refractivity contribution in [2.75, 3.05) is 0 Å². The van der Waals surface area contributed by atoms with Crippen LogP contribution in [0.5, 0.6) is 0 Å². The SMILES string of the molecule is Cc1ccc(S(=O)(=O)n2cc(C(O)c3ccccc3)c3ccccc32)cc1. The zero-order valence-electron chi connectivity index (χ0n) is 14.8. The Labute approximate surface area is 158 Å². The van der Waals surface area contributed by atoms with Crippen LogP contribution in [0.1, 0.15) is 22.8 Å². The molecule has 0 saturated carbocycles. The van der Waals surface area contributed by atoms with Crippen LogP contribution >= 0.6 is 0 Å². The lowest BCUT2D eigenvalue weighted by Crippen LogP contribution is -2.12. The Kier molecular flexibility index (Phi) is 4.34. The van der Waals surface area contributed by atoms with E-state index in [-0.39, 0.29) is 4.90 Å². The second-order valence-corrected chi connectivity index (χ2v) is 8.34. The summed E-state index contributed by atoms with van der Waals surface area (Å²) in [6.45, 7) is 1.91. The number of fused-ring (bicyclic) bond motifs is 1. The van der Waals surface area contributed by atoms with Crippen molar-refractivity contribution in [3.63, 3.8) is 0 Å². The number of para-hydroxylation sites is 1. The lowest BCUT2D eigenvalue weighted by atomic mass is 10.0. The fraction of sp³-hybridized carbons (Fsp3) is 0.0909. The van der Waals surface area contributed by atoms with Gasteiger partial charge in [-0.25, -0.2) is 12.4 Å². The van der Waals surface area contributed by atoms with Gasteiger partial charge in [-0.15, -0.1) is 0 Å². The molecule has 1 heterocycles. The lowest BCUT2D eigenvalue weighted by molar-refractivity contribution is 0.222. The highest BCUT2D eigenvalue weighted by Gasteiger charge is 2.24. The Balaban J connectivity index is 1.91. The Hall–Kier alpha value is -2.89. The predicted molar refractivity (Wildman–Crippen MR) is 106 cm³/mol. The van der Waals surface area contributed by atoms with E-state index in [1.165, 1.54) is 10.2 Å². The molecule has 136 valence electrons. The summed E-state index contributed by atoms with van der Waals surface area (Å²) >= 11 is 0. The summed E-state index contributed by atoms with van der Waals surface area (Å²) in [6, 6.07) is 23.2. The van der Waals surface area contributed by atoms with E-state index in [1.807, 2.05) is 49.4 Å². The third-order valence-electron chi connectivity index (χ3n) is 4.70. The van der Waals surface area contributed by atoms with E-state index in [4.69, 9.17) is 0 Å². The minimum absolute atomic E-state index is 0.217. The molecule has 0 aliphatic rings. The zero-order chi connectivity index (χ0) is 19.0. The molecule has 4 rings (SSSR count). The highest BCUT2D eigenvalue weighted by atomic mass is 32.2. The van der Waals surface area contributed by atoms with Crippen LogP contribution < -0.4 is 0 Å². The molecule has 0 aliphatic heterocycles. The number of aliphatic hydroxyl groups excluding tert-OH is 1. The van der Waals surface area contributed by atoms with Crippen LogP contribution in [-0.4, -0.2) is 17.5 Å². The largest absolute Gasteiger partial charge is 0.384 e. The molecule has 1 unspecified atom stereocenters. The van der Waals surface area contributed by atoms with Crippen LogP contribution in [0.15, 0.2) is 90.0 Å². The number of benzene rings is 3. The molecule has 1 aromatic heterocycles. The molecule has 3 aromatic carbocycles. The first-order valence-corrected chi connectivity index (χ1v) is 10.1. The smallest absolute Gasteiger partial charge is 0.268 e. The van der Waals surface area contributed by atoms with E-state index in [9.17, 15) is 13.5 Å². The minimum atomic E-state index is -3.77. The molecular formula is C22H19NO3S. The van der Waals surface area contributed by atoms with Crippen molar-refractivity contribution in [1.29, 1.82) is 0 Å². The van der Waals surface area contributed by atoms with Gasteiger partial charge in [0.2, 0.25) is 0 Å². The van der Waals surface area contributed by atoms with Crippen LogP contribution in [0.2, 0.25) is 0 Å². The molecule has 27 heavy (non-hydrogen) atoms. The van der Waals surface area contributed by atoms with Crippen molar-refractivity contribution in [3.8, 4) is 0 Å². The monoisotopic (exact) mass is 377 g/mol. The first-order valence-electron chi connectivity index (χ1n) is 8.64. The van der Waals surface area contributed by atoms with E-state index in [0.717, 1.165) is 5.56 Å². The third-order valence-corrected chi connectivity index (χ3v) is 6.38. The Bertz CT molecular complexity index is 1190. The molecule has 4 nitrogen and oxygen atoms in total. The summed E-state index contributed by atoms with van der Waals surface area (Å²) in [5.41, 5.74) is 2.81. The number of aryl methyl sites for hydroxylation is 1. The Morgan fingerprint density at radius 3 is 2.19 bits per heavy atom. The quantitative estimate of drug-likeness (QED) is 0.578. The summed E-state index contributed by atoms with van der Waals surface area (Å²) in [7, 11) is -3.77. The van der Waals surface area contributed by atoms with Crippen molar-refractivity contribution in [3.05, 3.63) is 102 Å². The van der Waals surface area contributed by atoms with Gasteiger partial charge in [-0.05, 0) is 30.7 Å². The normalized spacial score (nSPS) is 13.0. The van der Waals surface area contributed by atoms with Crippen LogP contribution in [0.4, 0.5) is 0 Å². The predicted octanol–water partition coefficient (Wildman–Crippen LogP) is 4.27. The van der Waals surface area contributed by atoms with Crippen LogP contribution in [0, 0.1) is 6.92 Å². The topological polar surface area (TPSA) is 59.3 Å². The molecule has 0 amide bonds. The van der Waals surface area contributed by atoms with E-state index in [2.05, 4.69) is 0 Å². The maximum absolute atomic E-state index is 13.2. The average Bonchev–Trinajstić information content (AvgIpc) is 3.09. The molecule has 4 aromatic rings. The number of aliphatic hydroxyl groups is 1. The molecule has 0 fully saturated rings. The second kappa shape index (κ2) is 6.68. The second-order valence-electron chi connectivity index (χ2n) is 6.53. The van der Waals surface area contributed by atoms with E-state index >= 15 is 0 Å². The van der Waals surface area contributed by atoms with Crippen LogP contribution in [-0.2, 0) is 10.0 Å². The molecule has 0 spiro atoms. The first kappa shape index (κ1) is 17.5. The molecule has 0 aliphatic carbocycles. The minimum Gasteiger partial charge on any atom is -0.384 e. The number of aromatic nitrogens is 1. The van der Waals surface area contributed by atoms with Gasteiger partial charge in [-0.2, -0.15) is 0 Å². The maximum atomic E-state index is 13.2. The fourth-order valence-electron chi connectivity index (χ4n) is 3.23. The summed E-state index contributed by atoms with van der Waals surface area (Å²) < 4.78 is 27.7. The highest BCUT2D eigenvalue weighted by Crippen LogP contribution is 2.32. The van der Waals surface area contributed by atoms with Crippen molar-refractivity contribution in [2.45, 2.75) is 17.9 Å². The molecule has 1 N–H and O–H groups in total. The summed E-state index contributed by atoms with van der Waals surface area (Å²) in [5, 5.41) is 11.6. The number of nitrogens with zero attached hydrogens (tertiary/aromatic N) is 1. The highest BCUT2D eigenvalue weighted by molar-refractivity contribution is 7.90. The van der Waals surface area contributed by atoms with Gasteiger partial charge < -0.3 is 5.11 Å². The van der Waals surface area contributed by atoms with Gasteiger partial charge >= 0.3 is 0 Å². The molecule has 1 atom stereocenters. The standard InChI is InChI=1S/C22H19NO3S/c1-16-11-13-18(14-12-16)27(25,26)23-15-20(19-9-5-6-10-21(19)23)22(24)17-7-3-2-4-8-17/h2-15,22,24H,1H3. The number of hydrogen-bond acceptors (Lipinski definition) is 3. The van der Waals surface area contributed by atoms with Gasteiger partial charge in [0.05, 0.1) is 10.4 Å². The zero-order valence-corrected chi connectivity index (χ0v) is 15.6. The van der Waals surface area contributed by atoms with Gasteiger partial charge in [0.15, 0.2) is 0 Å². The van der Waals surface area contributed by atoms with Crippen molar-refractivity contribution < 1.29 is 13.5 Å². The fourth-order valence-corrected chi connectivity index (χ4v) is 4.61. The molecule has 0 saturated heterocycles. The van der Waals surface area contributed by atoms with Crippen LogP contribution in [0.3, 0.4) is 0 Å². The summed E-state index contributed by atoms with van der Waals surface area (Å²) in [4.78, 5) is 0.217. The molecule has 5 heteroatoms. The Morgan fingerprint density at radius 1 is 0.852 bits per heavy atom. The lowest BCUT2D eigenvalue weighted by Gasteiger charge is -2.10. The van der Waals surface area contributed by atoms with E-state index < -0.39 is 16.1 Å². The van der Waals surface area contributed by atoms with Gasteiger partial charge in [0.25, 0.3) is 10.0 Å². The molecular weight excluding hydrogens is 358 g/mol. The van der Waals surface area contributed by atoms with Gasteiger partial charge in [-0.1, -0.05) is 66.2 Å². The van der Waals surface area contributed by atoms with Crippen molar-refractivity contribution >= 4 is 20.9 Å². The summed E-state index contributed by atoms with van der Waals surface area (Å²) in [5.74, 6) is 0. The molecule has 0 bridgehead atoms.